The van der Waals surface area contributed by atoms with Crippen LogP contribution in [0.1, 0.15) is 40.7 Å². The monoisotopic (exact) mass is 399 g/mol. The fourth-order valence-corrected chi connectivity index (χ4v) is 9.34. The molecule has 2 aromatic carbocycles. The van der Waals surface area contributed by atoms with Crippen LogP contribution in [0.25, 0.3) is 0 Å². The van der Waals surface area contributed by atoms with E-state index >= 15 is 0 Å². The Labute approximate surface area is 168 Å². The van der Waals surface area contributed by atoms with Gasteiger partial charge in [-0.1, -0.05) is 0 Å². The number of nitrogens with one attached hydrogen (secondary N) is 1. The van der Waals surface area contributed by atoms with Gasteiger partial charge < -0.3 is 0 Å². The van der Waals surface area contributed by atoms with Gasteiger partial charge in [0.2, 0.25) is 0 Å². The van der Waals surface area contributed by atoms with E-state index in [1.165, 1.54) is 44.3 Å². The molecule has 0 spiro atoms. The van der Waals surface area contributed by atoms with Gasteiger partial charge in [-0.15, -0.1) is 0 Å². The van der Waals surface area contributed by atoms with Crippen molar-refractivity contribution in [2.45, 2.75) is 32.3 Å². The number of aryl methyl sites for hydroxylation is 1. The Morgan fingerprint density at radius 3 is 2.39 bits per heavy atom. The van der Waals surface area contributed by atoms with Crippen LogP contribution in [0.15, 0.2) is 48.5 Å². The number of rotatable bonds is 6. The summed E-state index contributed by atoms with van der Waals surface area (Å²) in [6, 6.07) is 16.0. The quantitative estimate of drug-likeness (QED) is 0.558. The number of amides is 1. The van der Waals surface area contributed by atoms with Crippen LogP contribution in [0.4, 0.5) is 5.69 Å². The first-order valence-corrected chi connectivity index (χ1v) is 12.9. The van der Waals surface area contributed by atoms with Gasteiger partial charge in [-0.25, -0.2) is 0 Å². The summed E-state index contributed by atoms with van der Waals surface area (Å²) in [5, 5.41) is 3.05. The molecule has 5 heteroatoms. The zero-order chi connectivity index (χ0) is 20.0. The van der Waals surface area contributed by atoms with E-state index < -0.39 is 13.2 Å². The van der Waals surface area contributed by atoms with Crippen LogP contribution in [0.3, 0.4) is 0 Å². The second-order valence-corrected chi connectivity index (χ2v) is 12.6. The fraction of sp³-hybridized carbons (Fsp3) is 0.391. The molecular weight excluding hydrogens is 369 g/mol. The summed E-state index contributed by atoms with van der Waals surface area (Å²) in [5.41, 5.74) is 3.21. The van der Waals surface area contributed by atoms with E-state index in [1.54, 1.807) is 6.07 Å². The van der Waals surface area contributed by atoms with E-state index in [1.807, 2.05) is 25.1 Å². The van der Waals surface area contributed by atoms with Crippen LogP contribution < -0.4 is 5.32 Å². The Kier molecular flexibility index (Phi) is 6.85. The predicted octanol–water partition coefficient (Wildman–Crippen LogP) is 4.85. The molecule has 0 aromatic heterocycles. The Hall–Kier alpha value is -2.19. The van der Waals surface area contributed by atoms with Gasteiger partial charge in [-0.3, -0.25) is 0 Å². The maximum atomic E-state index is 13.1. The van der Waals surface area contributed by atoms with E-state index in [9.17, 15) is 9.59 Å². The van der Waals surface area contributed by atoms with Crippen molar-refractivity contribution in [3.05, 3.63) is 65.2 Å². The molecule has 4 nitrogen and oxygen atoms in total. The van der Waals surface area contributed by atoms with Crippen molar-refractivity contribution in [2.24, 2.45) is 0 Å². The molecule has 3 rings (SSSR count). The summed E-state index contributed by atoms with van der Waals surface area (Å²) in [7, 11) is -0.378. The summed E-state index contributed by atoms with van der Waals surface area (Å²) in [5.74, 6) is -0.392. The van der Waals surface area contributed by atoms with Crippen LogP contribution >= 0.6 is 7.26 Å². The van der Waals surface area contributed by atoms with Crippen molar-refractivity contribution in [2.75, 3.05) is 30.9 Å². The molecule has 1 N–H and O–H groups in total. The molecular formula is C23H30NO3P. The van der Waals surface area contributed by atoms with Gasteiger partial charge in [0.25, 0.3) is 0 Å². The van der Waals surface area contributed by atoms with Crippen molar-refractivity contribution >= 4 is 24.8 Å². The first-order valence-electron chi connectivity index (χ1n) is 10.0. The average molecular weight is 399 g/mol. The summed E-state index contributed by atoms with van der Waals surface area (Å²) in [4.78, 5) is 25.2. The molecule has 2 aromatic rings. The van der Waals surface area contributed by atoms with Crippen molar-refractivity contribution in [1.29, 1.82) is 0 Å². The minimum atomic E-state index is -1.74. The number of carbonyl (C=O) groups is 2. The first kappa shape index (κ1) is 20.5. The van der Waals surface area contributed by atoms with E-state index in [-0.39, 0.29) is 5.91 Å². The molecule has 1 fully saturated rings. The SMILES string of the molecule is COC(=O)c1cccc(C)c1NC(=O)C[PH]1(Cc2ccccc2)CCCCC1. The topological polar surface area (TPSA) is 55.4 Å². The van der Waals surface area contributed by atoms with Crippen LogP contribution in [-0.4, -0.2) is 37.5 Å². The van der Waals surface area contributed by atoms with Crippen LogP contribution in [0.5, 0.6) is 0 Å². The minimum absolute atomic E-state index is 0.0314. The molecule has 1 aliphatic rings. The molecule has 0 atom stereocenters. The van der Waals surface area contributed by atoms with Crippen LogP contribution in [0.2, 0.25) is 0 Å². The van der Waals surface area contributed by atoms with Gasteiger partial charge in [0.1, 0.15) is 0 Å². The number of carbonyl (C=O) groups excluding carboxylic acids is 2. The number of anilines is 1. The van der Waals surface area contributed by atoms with Crippen LogP contribution in [-0.2, 0) is 15.7 Å². The molecule has 1 aliphatic heterocycles. The van der Waals surface area contributed by atoms with Crippen molar-refractivity contribution in [3.63, 3.8) is 0 Å². The van der Waals surface area contributed by atoms with E-state index in [0.29, 0.717) is 17.4 Å². The van der Waals surface area contributed by atoms with Crippen molar-refractivity contribution in [3.8, 4) is 0 Å². The van der Waals surface area contributed by atoms with Gasteiger partial charge >= 0.3 is 168 Å². The number of esters is 1. The van der Waals surface area contributed by atoms with E-state index in [0.717, 1.165) is 11.7 Å². The number of para-hydroxylation sites is 1. The van der Waals surface area contributed by atoms with Crippen LogP contribution in [0, 0.1) is 6.92 Å². The Morgan fingerprint density at radius 2 is 1.71 bits per heavy atom. The second kappa shape index (κ2) is 9.34. The number of ether oxygens (including phenoxy) is 1. The van der Waals surface area contributed by atoms with Gasteiger partial charge in [0, 0.05) is 0 Å². The fourth-order valence-electron chi connectivity index (χ4n) is 4.38. The zero-order valence-electron chi connectivity index (χ0n) is 16.8. The average Bonchev–Trinajstić information content (AvgIpc) is 2.70. The van der Waals surface area contributed by atoms with Gasteiger partial charge in [-0.05, 0) is 0 Å². The predicted molar refractivity (Wildman–Crippen MR) is 118 cm³/mol. The summed E-state index contributed by atoms with van der Waals surface area (Å²) in [6.07, 6.45) is 7.79. The molecule has 0 unspecified atom stereocenters. The Balaban J connectivity index is 1.79. The Bertz CT molecular complexity index is 829. The van der Waals surface area contributed by atoms with E-state index in [4.69, 9.17) is 4.74 Å². The first-order chi connectivity index (χ1) is 13.5. The third-order valence-electron chi connectivity index (χ3n) is 5.81. The summed E-state index contributed by atoms with van der Waals surface area (Å²) < 4.78 is 4.88. The van der Waals surface area contributed by atoms with Crippen molar-refractivity contribution < 1.29 is 14.3 Å². The Morgan fingerprint density at radius 1 is 1.00 bits per heavy atom. The third-order valence-corrected chi connectivity index (χ3v) is 10.9. The molecule has 28 heavy (non-hydrogen) atoms. The molecule has 0 radical (unpaired) electrons. The van der Waals surface area contributed by atoms with Gasteiger partial charge in [0.05, 0.1) is 0 Å². The third kappa shape index (κ3) is 4.99. The molecule has 0 bridgehead atoms. The number of benzene rings is 2. The van der Waals surface area contributed by atoms with Gasteiger partial charge in [0.15, 0.2) is 0 Å². The second-order valence-electron chi connectivity index (χ2n) is 7.94. The standard InChI is InChI=1S/C23H30NO3P/c1-18-10-9-13-20(23(26)27-2)22(18)24-21(25)17-28(14-7-4-8-15-28)16-19-11-5-3-6-12-19/h3,5-6,9-13,28H,4,7-8,14-17H2,1-2H3,(H,24,25). The van der Waals surface area contributed by atoms with E-state index in [2.05, 4.69) is 29.6 Å². The number of hydrogen-bond acceptors (Lipinski definition) is 3. The number of methoxy groups -OCH3 is 1. The molecule has 0 saturated carbocycles. The molecule has 1 heterocycles. The summed E-state index contributed by atoms with van der Waals surface area (Å²) in [6.45, 7) is 1.90. The molecule has 1 saturated heterocycles. The molecule has 0 aliphatic carbocycles. The maximum absolute atomic E-state index is 13.1. The van der Waals surface area contributed by atoms with Gasteiger partial charge in [-0.2, -0.15) is 0 Å². The molecule has 150 valence electrons. The summed E-state index contributed by atoms with van der Waals surface area (Å²) >= 11 is 0. The van der Waals surface area contributed by atoms with Crippen molar-refractivity contribution in [1.82, 2.24) is 0 Å². The molecule has 1 amide bonds. The number of hydrogen-bond donors (Lipinski definition) is 1. The zero-order valence-corrected chi connectivity index (χ0v) is 17.8. The normalized spacial score (nSPS) is 16.8.